The van der Waals surface area contributed by atoms with Crippen LogP contribution in [0.5, 0.6) is 0 Å². The standard InChI is InChI=1S/C10H13N3S/c1-8-6-12-10(13-8)11-4-2-9-3-5-14-7-9/h3,5-7H,2,4H2,1H3,(H2,11,12,13). The van der Waals surface area contributed by atoms with E-state index in [4.69, 9.17) is 0 Å². The van der Waals surface area contributed by atoms with Gasteiger partial charge in [-0.2, -0.15) is 11.3 Å². The maximum atomic E-state index is 4.17. The lowest BCUT2D eigenvalue weighted by Crippen LogP contribution is -2.05. The van der Waals surface area contributed by atoms with Gasteiger partial charge in [0.2, 0.25) is 0 Å². The van der Waals surface area contributed by atoms with Gasteiger partial charge >= 0.3 is 0 Å². The van der Waals surface area contributed by atoms with Crippen LogP contribution >= 0.6 is 11.3 Å². The molecule has 0 bridgehead atoms. The van der Waals surface area contributed by atoms with Crippen molar-refractivity contribution in [2.24, 2.45) is 0 Å². The predicted octanol–water partition coefficient (Wildman–Crippen LogP) is 2.43. The average molecular weight is 207 g/mol. The molecule has 0 fully saturated rings. The number of nitrogens with one attached hydrogen (secondary N) is 2. The second-order valence-corrected chi connectivity index (χ2v) is 4.00. The SMILES string of the molecule is Cc1cnc(NCCc2ccsc2)[nH]1. The number of hydrogen-bond acceptors (Lipinski definition) is 3. The smallest absolute Gasteiger partial charge is 0.200 e. The normalized spacial score (nSPS) is 10.4. The molecule has 0 aliphatic carbocycles. The first-order valence-corrected chi connectivity index (χ1v) is 5.55. The highest BCUT2D eigenvalue weighted by Crippen LogP contribution is 2.07. The van der Waals surface area contributed by atoms with Gasteiger partial charge in [0.05, 0.1) is 0 Å². The predicted molar refractivity (Wildman–Crippen MR) is 59.8 cm³/mol. The van der Waals surface area contributed by atoms with Crippen molar-refractivity contribution in [1.29, 1.82) is 0 Å². The van der Waals surface area contributed by atoms with E-state index >= 15 is 0 Å². The molecule has 14 heavy (non-hydrogen) atoms. The summed E-state index contributed by atoms with van der Waals surface area (Å²) >= 11 is 1.74. The molecule has 74 valence electrons. The molecule has 0 radical (unpaired) electrons. The summed E-state index contributed by atoms with van der Waals surface area (Å²) in [4.78, 5) is 7.31. The first-order valence-electron chi connectivity index (χ1n) is 4.61. The fourth-order valence-corrected chi connectivity index (χ4v) is 1.97. The van der Waals surface area contributed by atoms with Crippen LogP contribution in [0.3, 0.4) is 0 Å². The molecule has 2 N–H and O–H groups in total. The quantitative estimate of drug-likeness (QED) is 0.808. The summed E-state index contributed by atoms with van der Waals surface area (Å²) in [6.07, 6.45) is 2.87. The van der Waals surface area contributed by atoms with E-state index in [2.05, 4.69) is 32.1 Å². The van der Waals surface area contributed by atoms with Crippen LogP contribution < -0.4 is 5.32 Å². The highest BCUT2D eigenvalue weighted by Gasteiger charge is 1.96. The number of aromatic amines is 1. The summed E-state index contributed by atoms with van der Waals surface area (Å²) in [5.41, 5.74) is 2.47. The third kappa shape index (κ3) is 2.35. The molecule has 2 aromatic heterocycles. The second-order valence-electron chi connectivity index (χ2n) is 3.22. The molecule has 0 atom stereocenters. The molecule has 0 aliphatic heterocycles. The van der Waals surface area contributed by atoms with Crippen molar-refractivity contribution in [3.63, 3.8) is 0 Å². The maximum Gasteiger partial charge on any atom is 0.200 e. The fourth-order valence-electron chi connectivity index (χ4n) is 1.26. The van der Waals surface area contributed by atoms with Gasteiger partial charge in [-0.3, -0.25) is 0 Å². The Morgan fingerprint density at radius 2 is 2.50 bits per heavy atom. The molecular formula is C10H13N3S. The zero-order valence-corrected chi connectivity index (χ0v) is 8.90. The number of aryl methyl sites for hydroxylation is 1. The van der Waals surface area contributed by atoms with E-state index in [1.807, 2.05) is 13.1 Å². The Balaban J connectivity index is 1.78. The number of hydrogen-bond donors (Lipinski definition) is 2. The molecule has 0 saturated heterocycles. The molecular weight excluding hydrogens is 194 g/mol. The number of nitrogens with zero attached hydrogens (tertiary/aromatic N) is 1. The molecule has 2 heterocycles. The lowest BCUT2D eigenvalue weighted by atomic mass is 10.2. The van der Waals surface area contributed by atoms with Crippen LogP contribution in [-0.4, -0.2) is 16.5 Å². The average Bonchev–Trinajstić information content (AvgIpc) is 2.77. The first kappa shape index (κ1) is 9.27. The molecule has 0 aromatic carbocycles. The van der Waals surface area contributed by atoms with Crippen LogP contribution in [0.25, 0.3) is 0 Å². The Labute approximate surface area is 87.2 Å². The summed E-state index contributed by atoms with van der Waals surface area (Å²) in [6.45, 7) is 2.92. The van der Waals surface area contributed by atoms with E-state index in [1.54, 1.807) is 11.3 Å². The van der Waals surface area contributed by atoms with Crippen LogP contribution in [0.1, 0.15) is 11.3 Å². The third-order valence-electron chi connectivity index (χ3n) is 1.99. The Bertz CT molecular complexity index is 378. The van der Waals surface area contributed by atoms with Crippen LogP contribution in [0.15, 0.2) is 23.0 Å². The van der Waals surface area contributed by atoms with Crippen molar-refractivity contribution in [3.05, 3.63) is 34.3 Å². The fraction of sp³-hybridized carbons (Fsp3) is 0.300. The highest BCUT2D eigenvalue weighted by molar-refractivity contribution is 7.07. The van der Waals surface area contributed by atoms with Gasteiger partial charge in [0, 0.05) is 18.4 Å². The summed E-state index contributed by atoms with van der Waals surface area (Å²) in [5.74, 6) is 0.859. The summed E-state index contributed by atoms with van der Waals surface area (Å²) in [7, 11) is 0. The summed E-state index contributed by atoms with van der Waals surface area (Å²) in [5, 5.41) is 7.52. The molecule has 2 rings (SSSR count). The van der Waals surface area contributed by atoms with Gasteiger partial charge < -0.3 is 10.3 Å². The van der Waals surface area contributed by atoms with Gasteiger partial charge in [-0.25, -0.2) is 4.98 Å². The Kier molecular flexibility index (Phi) is 2.84. The van der Waals surface area contributed by atoms with Crippen LogP contribution in [0.2, 0.25) is 0 Å². The Hall–Kier alpha value is -1.29. The van der Waals surface area contributed by atoms with Crippen molar-refractivity contribution < 1.29 is 0 Å². The molecule has 0 amide bonds. The number of thiophene rings is 1. The van der Waals surface area contributed by atoms with Gasteiger partial charge in [0.25, 0.3) is 0 Å². The zero-order chi connectivity index (χ0) is 9.80. The molecule has 4 heteroatoms. The Morgan fingerprint density at radius 1 is 1.57 bits per heavy atom. The molecule has 0 unspecified atom stereocenters. The third-order valence-corrected chi connectivity index (χ3v) is 2.72. The topological polar surface area (TPSA) is 40.7 Å². The van der Waals surface area contributed by atoms with Gasteiger partial charge in [-0.1, -0.05) is 0 Å². The highest BCUT2D eigenvalue weighted by atomic mass is 32.1. The lowest BCUT2D eigenvalue weighted by Gasteiger charge is -2.00. The van der Waals surface area contributed by atoms with E-state index in [0.29, 0.717) is 0 Å². The molecule has 0 spiro atoms. The van der Waals surface area contributed by atoms with Crippen molar-refractivity contribution in [1.82, 2.24) is 9.97 Å². The monoisotopic (exact) mass is 207 g/mol. The first-order chi connectivity index (χ1) is 6.84. The van der Waals surface area contributed by atoms with Crippen molar-refractivity contribution in [3.8, 4) is 0 Å². The number of anilines is 1. The van der Waals surface area contributed by atoms with Gasteiger partial charge in [0.15, 0.2) is 5.95 Å². The van der Waals surface area contributed by atoms with Crippen molar-refractivity contribution in [2.45, 2.75) is 13.3 Å². The van der Waals surface area contributed by atoms with E-state index in [-0.39, 0.29) is 0 Å². The molecule has 2 aromatic rings. The summed E-state index contributed by atoms with van der Waals surface area (Å²) < 4.78 is 0. The van der Waals surface area contributed by atoms with Gasteiger partial charge in [-0.15, -0.1) is 0 Å². The molecule has 3 nitrogen and oxygen atoms in total. The second kappa shape index (κ2) is 4.28. The van der Waals surface area contributed by atoms with E-state index in [9.17, 15) is 0 Å². The van der Waals surface area contributed by atoms with Crippen LogP contribution in [-0.2, 0) is 6.42 Å². The zero-order valence-electron chi connectivity index (χ0n) is 8.08. The van der Waals surface area contributed by atoms with Crippen molar-refractivity contribution in [2.75, 3.05) is 11.9 Å². The number of H-pyrrole nitrogens is 1. The van der Waals surface area contributed by atoms with E-state index < -0.39 is 0 Å². The minimum atomic E-state index is 0.859. The van der Waals surface area contributed by atoms with Gasteiger partial charge in [-0.05, 0) is 35.7 Å². The lowest BCUT2D eigenvalue weighted by molar-refractivity contribution is 1.00. The van der Waals surface area contributed by atoms with E-state index in [0.717, 1.165) is 24.6 Å². The minimum absolute atomic E-state index is 0.859. The minimum Gasteiger partial charge on any atom is -0.355 e. The molecule has 0 aliphatic rings. The van der Waals surface area contributed by atoms with E-state index in [1.165, 1.54) is 5.56 Å². The number of aromatic nitrogens is 2. The Morgan fingerprint density at radius 3 is 3.14 bits per heavy atom. The number of imidazole rings is 1. The summed E-state index contributed by atoms with van der Waals surface area (Å²) in [6, 6.07) is 2.15. The number of rotatable bonds is 4. The molecule has 0 saturated carbocycles. The van der Waals surface area contributed by atoms with Crippen LogP contribution in [0, 0.1) is 6.92 Å². The van der Waals surface area contributed by atoms with Crippen LogP contribution in [0.4, 0.5) is 5.95 Å². The maximum absolute atomic E-state index is 4.17. The van der Waals surface area contributed by atoms with Gasteiger partial charge in [0.1, 0.15) is 0 Å². The largest absolute Gasteiger partial charge is 0.355 e. The van der Waals surface area contributed by atoms with Crippen molar-refractivity contribution >= 4 is 17.3 Å².